The van der Waals surface area contributed by atoms with Gasteiger partial charge in [-0.2, -0.15) is 0 Å². The van der Waals surface area contributed by atoms with E-state index in [2.05, 4.69) is 0 Å². The SMILES string of the molecule is COCCCC(CCl)OC(C)=O. The number of rotatable bonds is 6. The number of halogens is 1. The second-order valence-electron chi connectivity index (χ2n) is 2.52. The number of esters is 1. The summed E-state index contributed by atoms with van der Waals surface area (Å²) in [5, 5.41) is 0. The van der Waals surface area contributed by atoms with Crippen molar-refractivity contribution in [1.82, 2.24) is 0 Å². The Bertz CT molecular complexity index is 127. The van der Waals surface area contributed by atoms with Crippen molar-refractivity contribution >= 4 is 17.6 Å². The Morgan fingerprint density at radius 2 is 2.25 bits per heavy atom. The van der Waals surface area contributed by atoms with E-state index in [-0.39, 0.29) is 12.1 Å². The fourth-order valence-electron chi connectivity index (χ4n) is 0.858. The predicted octanol–water partition coefficient (Wildman–Crippen LogP) is 1.58. The molecule has 1 unspecified atom stereocenters. The maximum absolute atomic E-state index is 10.5. The van der Waals surface area contributed by atoms with E-state index in [9.17, 15) is 4.79 Å². The molecule has 3 nitrogen and oxygen atoms in total. The first-order valence-electron chi connectivity index (χ1n) is 3.92. The maximum atomic E-state index is 10.5. The largest absolute Gasteiger partial charge is 0.461 e. The summed E-state index contributed by atoms with van der Waals surface area (Å²) >= 11 is 5.57. The lowest BCUT2D eigenvalue weighted by atomic mass is 10.2. The lowest BCUT2D eigenvalue weighted by Crippen LogP contribution is -2.18. The van der Waals surface area contributed by atoms with Gasteiger partial charge in [0, 0.05) is 20.6 Å². The van der Waals surface area contributed by atoms with Crippen molar-refractivity contribution in [3.8, 4) is 0 Å². The van der Waals surface area contributed by atoms with Crippen molar-refractivity contribution in [2.75, 3.05) is 19.6 Å². The van der Waals surface area contributed by atoms with E-state index in [4.69, 9.17) is 21.1 Å². The van der Waals surface area contributed by atoms with Crippen molar-refractivity contribution in [2.24, 2.45) is 0 Å². The van der Waals surface area contributed by atoms with Crippen LogP contribution in [0.1, 0.15) is 19.8 Å². The van der Waals surface area contributed by atoms with E-state index >= 15 is 0 Å². The highest BCUT2D eigenvalue weighted by molar-refractivity contribution is 6.18. The second-order valence-corrected chi connectivity index (χ2v) is 2.83. The van der Waals surface area contributed by atoms with E-state index in [1.54, 1.807) is 7.11 Å². The van der Waals surface area contributed by atoms with Gasteiger partial charge in [0.15, 0.2) is 0 Å². The van der Waals surface area contributed by atoms with Crippen molar-refractivity contribution < 1.29 is 14.3 Å². The normalized spacial score (nSPS) is 12.6. The van der Waals surface area contributed by atoms with E-state index < -0.39 is 0 Å². The summed E-state index contributed by atoms with van der Waals surface area (Å²) in [4.78, 5) is 10.5. The van der Waals surface area contributed by atoms with Gasteiger partial charge >= 0.3 is 5.97 Å². The van der Waals surface area contributed by atoms with Crippen LogP contribution in [0.5, 0.6) is 0 Å². The molecule has 0 spiro atoms. The lowest BCUT2D eigenvalue weighted by molar-refractivity contribution is -0.145. The number of alkyl halides is 1. The van der Waals surface area contributed by atoms with Crippen LogP contribution in [0.15, 0.2) is 0 Å². The Morgan fingerprint density at radius 3 is 2.67 bits per heavy atom. The fourth-order valence-corrected chi connectivity index (χ4v) is 1.07. The molecule has 0 aromatic rings. The van der Waals surface area contributed by atoms with Gasteiger partial charge in [-0.05, 0) is 12.8 Å². The minimum Gasteiger partial charge on any atom is -0.461 e. The van der Waals surface area contributed by atoms with Crippen molar-refractivity contribution in [1.29, 1.82) is 0 Å². The van der Waals surface area contributed by atoms with Crippen LogP contribution < -0.4 is 0 Å². The number of hydrogen-bond donors (Lipinski definition) is 0. The van der Waals surface area contributed by atoms with E-state index in [0.717, 1.165) is 12.8 Å². The first kappa shape index (κ1) is 11.7. The molecule has 0 saturated carbocycles. The molecule has 0 amide bonds. The third-order valence-corrected chi connectivity index (χ3v) is 1.72. The molecule has 0 aliphatic heterocycles. The van der Waals surface area contributed by atoms with Crippen LogP contribution >= 0.6 is 11.6 Å². The summed E-state index contributed by atoms with van der Waals surface area (Å²) in [7, 11) is 1.64. The summed E-state index contributed by atoms with van der Waals surface area (Å²) in [6.45, 7) is 2.06. The number of carbonyl (C=O) groups excluding carboxylic acids is 1. The van der Waals surface area contributed by atoms with Crippen LogP contribution in [0, 0.1) is 0 Å². The molecule has 0 N–H and O–H groups in total. The number of carbonyl (C=O) groups is 1. The van der Waals surface area contributed by atoms with Gasteiger partial charge in [0.25, 0.3) is 0 Å². The highest BCUT2D eigenvalue weighted by Gasteiger charge is 2.09. The third-order valence-electron chi connectivity index (χ3n) is 1.38. The van der Waals surface area contributed by atoms with Gasteiger partial charge in [-0.1, -0.05) is 0 Å². The fraction of sp³-hybridized carbons (Fsp3) is 0.875. The first-order chi connectivity index (χ1) is 5.70. The molecule has 0 aliphatic rings. The number of hydrogen-bond acceptors (Lipinski definition) is 3. The van der Waals surface area contributed by atoms with Crippen LogP contribution in [0.25, 0.3) is 0 Å². The molecule has 0 radical (unpaired) electrons. The molecule has 0 aromatic carbocycles. The van der Waals surface area contributed by atoms with Gasteiger partial charge in [0.2, 0.25) is 0 Å². The highest BCUT2D eigenvalue weighted by atomic mass is 35.5. The molecule has 0 aromatic heterocycles. The Kier molecular flexibility index (Phi) is 7.20. The highest BCUT2D eigenvalue weighted by Crippen LogP contribution is 2.04. The van der Waals surface area contributed by atoms with Gasteiger partial charge in [-0.25, -0.2) is 0 Å². The Balaban J connectivity index is 3.46. The molecule has 0 heterocycles. The van der Waals surface area contributed by atoms with Crippen LogP contribution in [0.2, 0.25) is 0 Å². The molecule has 72 valence electrons. The van der Waals surface area contributed by atoms with Gasteiger partial charge in [-0.15, -0.1) is 11.6 Å². The second kappa shape index (κ2) is 7.37. The van der Waals surface area contributed by atoms with Crippen molar-refractivity contribution in [3.05, 3.63) is 0 Å². The van der Waals surface area contributed by atoms with E-state index in [1.807, 2.05) is 0 Å². The summed E-state index contributed by atoms with van der Waals surface area (Å²) < 4.78 is 9.78. The average Bonchev–Trinajstić information content (AvgIpc) is 2.02. The minimum atomic E-state index is -0.280. The first-order valence-corrected chi connectivity index (χ1v) is 4.46. The molecular formula is C8H15ClO3. The lowest BCUT2D eigenvalue weighted by Gasteiger charge is -2.13. The molecule has 0 bridgehead atoms. The average molecular weight is 195 g/mol. The van der Waals surface area contributed by atoms with Crippen molar-refractivity contribution in [2.45, 2.75) is 25.9 Å². The zero-order valence-electron chi connectivity index (χ0n) is 7.51. The van der Waals surface area contributed by atoms with Gasteiger partial charge in [0.1, 0.15) is 6.10 Å². The molecule has 0 saturated heterocycles. The molecule has 0 rings (SSSR count). The third kappa shape index (κ3) is 6.43. The minimum absolute atomic E-state index is 0.167. The van der Waals surface area contributed by atoms with E-state index in [1.165, 1.54) is 6.92 Å². The predicted molar refractivity (Wildman–Crippen MR) is 47.4 cm³/mol. The van der Waals surface area contributed by atoms with Crippen LogP contribution in [0.3, 0.4) is 0 Å². The quantitative estimate of drug-likeness (QED) is 0.366. The molecular weight excluding hydrogens is 180 g/mol. The van der Waals surface area contributed by atoms with Crippen LogP contribution in [-0.2, 0) is 14.3 Å². The zero-order valence-corrected chi connectivity index (χ0v) is 8.26. The molecule has 4 heteroatoms. The zero-order chi connectivity index (χ0) is 9.40. The molecule has 0 fully saturated rings. The van der Waals surface area contributed by atoms with Crippen molar-refractivity contribution in [3.63, 3.8) is 0 Å². The van der Waals surface area contributed by atoms with E-state index in [0.29, 0.717) is 12.5 Å². The smallest absolute Gasteiger partial charge is 0.302 e. The molecule has 12 heavy (non-hydrogen) atoms. The number of ether oxygens (including phenoxy) is 2. The summed E-state index contributed by atoms with van der Waals surface area (Å²) in [6.07, 6.45) is 1.46. The Labute approximate surface area is 78.0 Å². The molecule has 1 atom stereocenters. The number of methoxy groups -OCH3 is 1. The summed E-state index contributed by atoms with van der Waals surface area (Å²) in [5.41, 5.74) is 0. The van der Waals surface area contributed by atoms with Gasteiger partial charge in [0.05, 0.1) is 5.88 Å². The maximum Gasteiger partial charge on any atom is 0.302 e. The topological polar surface area (TPSA) is 35.5 Å². The van der Waals surface area contributed by atoms with Gasteiger partial charge < -0.3 is 9.47 Å². The van der Waals surface area contributed by atoms with Crippen LogP contribution in [0.4, 0.5) is 0 Å². The summed E-state index contributed by atoms with van der Waals surface area (Å²) in [5.74, 6) is 0.0709. The van der Waals surface area contributed by atoms with Gasteiger partial charge in [-0.3, -0.25) is 4.79 Å². The molecule has 0 aliphatic carbocycles. The summed E-state index contributed by atoms with van der Waals surface area (Å²) in [6, 6.07) is 0. The monoisotopic (exact) mass is 194 g/mol. The van der Waals surface area contributed by atoms with Crippen LogP contribution in [-0.4, -0.2) is 31.7 Å². The standard InChI is InChI=1S/C8H15ClO3/c1-7(10)12-8(6-9)4-3-5-11-2/h8H,3-6H2,1-2H3. The Hall–Kier alpha value is -0.280. The Morgan fingerprint density at radius 1 is 1.58 bits per heavy atom.